The molecule has 2 heterocycles. The lowest BCUT2D eigenvalue weighted by atomic mass is 10.0. The van der Waals surface area contributed by atoms with Crippen LogP contribution in [0.5, 0.6) is 5.75 Å². The molecule has 1 aliphatic rings. The van der Waals surface area contributed by atoms with Gasteiger partial charge in [-0.15, -0.1) is 0 Å². The van der Waals surface area contributed by atoms with E-state index in [0.717, 1.165) is 34.7 Å². The zero-order valence-corrected chi connectivity index (χ0v) is 18.5. The number of ether oxygens (including phenoxy) is 1. The van der Waals surface area contributed by atoms with Crippen molar-refractivity contribution in [2.75, 3.05) is 13.2 Å². The van der Waals surface area contributed by atoms with Crippen LogP contribution in [-0.2, 0) is 6.54 Å². The number of nitrogens with one attached hydrogen (secondary N) is 1. The van der Waals surface area contributed by atoms with Crippen LogP contribution in [0.4, 0.5) is 4.79 Å². The maximum absolute atomic E-state index is 13.4. The molecule has 0 aliphatic carbocycles. The second-order valence-electron chi connectivity index (χ2n) is 8.38. The van der Waals surface area contributed by atoms with Crippen LogP contribution in [0.1, 0.15) is 50.1 Å². The fraction of sp³-hybridized carbons (Fsp3) is 0.346. The van der Waals surface area contributed by atoms with Gasteiger partial charge in [0.05, 0.1) is 24.9 Å². The standard InChI is InChI=1S/C26H31N3O2/c1-4-31-22-13-11-20(12-14-22)25-24-10-7-17-28(24)23-9-6-5-8-21(23)18-29(25)26(30)27-16-15-19(2)3/h5-14,17,19,25H,4,15-16,18H2,1-3H3,(H,27,30)/t25-/m1/s1. The Morgan fingerprint density at radius 2 is 1.87 bits per heavy atom. The molecule has 1 aliphatic heterocycles. The number of aromatic nitrogens is 1. The van der Waals surface area contributed by atoms with Gasteiger partial charge in [-0.2, -0.15) is 0 Å². The summed E-state index contributed by atoms with van der Waals surface area (Å²) < 4.78 is 7.84. The Kier molecular flexibility index (Phi) is 6.31. The Labute approximate surface area is 184 Å². The van der Waals surface area contributed by atoms with Gasteiger partial charge in [-0.1, -0.05) is 44.2 Å². The molecule has 2 amide bonds. The van der Waals surface area contributed by atoms with Crippen LogP contribution in [0.15, 0.2) is 66.9 Å². The van der Waals surface area contributed by atoms with E-state index in [1.807, 2.05) is 42.2 Å². The number of rotatable bonds is 6. The van der Waals surface area contributed by atoms with Gasteiger partial charge in [0.15, 0.2) is 0 Å². The minimum absolute atomic E-state index is 0.0380. The lowest BCUT2D eigenvalue weighted by Crippen LogP contribution is -2.42. The third-order valence-corrected chi connectivity index (χ3v) is 5.73. The van der Waals surface area contributed by atoms with Crippen molar-refractivity contribution < 1.29 is 9.53 Å². The highest BCUT2D eigenvalue weighted by molar-refractivity contribution is 5.76. The number of amides is 2. The van der Waals surface area contributed by atoms with Gasteiger partial charge in [-0.25, -0.2) is 4.79 Å². The quantitative estimate of drug-likeness (QED) is 0.573. The smallest absolute Gasteiger partial charge is 0.318 e. The van der Waals surface area contributed by atoms with E-state index in [0.29, 0.717) is 25.6 Å². The van der Waals surface area contributed by atoms with E-state index < -0.39 is 0 Å². The van der Waals surface area contributed by atoms with E-state index in [2.05, 4.69) is 60.3 Å². The molecule has 5 nitrogen and oxygen atoms in total. The van der Waals surface area contributed by atoms with Gasteiger partial charge < -0.3 is 19.5 Å². The number of benzene rings is 2. The number of hydrogen-bond acceptors (Lipinski definition) is 2. The first-order chi connectivity index (χ1) is 15.1. The fourth-order valence-electron chi connectivity index (χ4n) is 4.17. The molecule has 0 bridgehead atoms. The van der Waals surface area contributed by atoms with Gasteiger partial charge in [0.2, 0.25) is 0 Å². The minimum Gasteiger partial charge on any atom is -0.494 e. The lowest BCUT2D eigenvalue weighted by molar-refractivity contribution is 0.180. The van der Waals surface area contributed by atoms with Crippen molar-refractivity contribution in [1.82, 2.24) is 14.8 Å². The number of carbonyl (C=O) groups is 1. The van der Waals surface area contributed by atoms with Gasteiger partial charge in [-0.3, -0.25) is 0 Å². The topological polar surface area (TPSA) is 46.5 Å². The van der Waals surface area contributed by atoms with Crippen molar-refractivity contribution in [1.29, 1.82) is 0 Å². The number of carbonyl (C=O) groups excluding carboxylic acids is 1. The summed E-state index contributed by atoms with van der Waals surface area (Å²) in [7, 11) is 0. The molecule has 0 unspecified atom stereocenters. The third-order valence-electron chi connectivity index (χ3n) is 5.73. The van der Waals surface area contributed by atoms with E-state index in [1.165, 1.54) is 0 Å². The van der Waals surface area contributed by atoms with E-state index in [-0.39, 0.29) is 12.1 Å². The van der Waals surface area contributed by atoms with Crippen molar-refractivity contribution in [2.24, 2.45) is 5.92 Å². The molecule has 4 rings (SSSR count). The van der Waals surface area contributed by atoms with E-state index in [1.54, 1.807) is 0 Å². The molecular weight excluding hydrogens is 386 g/mol. The van der Waals surface area contributed by atoms with Crippen molar-refractivity contribution in [3.8, 4) is 11.4 Å². The molecule has 0 saturated heterocycles. The highest BCUT2D eigenvalue weighted by atomic mass is 16.5. The second kappa shape index (κ2) is 9.29. The molecule has 0 fully saturated rings. The maximum Gasteiger partial charge on any atom is 0.318 e. The van der Waals surface area contributed by atoms with Gasteiger partial charge in [0.25, 0.3) is 0 Å². The summed E-state index contributed by atoms with van der Waals surface area (Å²) in [5.41, 5.74) is 4.40. The molecule has 2 aromatic carbocycles. The molecule has 162 valence electrons. The second-order valence-corrected chi connectivity index (χ2v) is 8.38. The van der Waals surface area contributed by atoms with Crippen molar-refractivity contribution >= 4 is 6.03 Å². The summed E-state index contributed by atoms with van der Waals surface area (Å²) in [6, 6.07) is 20.3. The maximum atomic E-state index is 13.4. The average molecular weight is 418 g/mol. The summed E-state index contributed by atoms with van der Waals surface area (Å²) in [6.45, 7) is 8.17. The molecule has 31 heavy (non-hydrogen) atoms. The Morgan fingerprint density at radius 3 is 2.61 bits per heavy atom. The summed E-state index contributed by atoms with van der Waals surface area (Å²) in [5, 5.41) is 3.15. The summed E-state index contributed by atoms with van der Waals surface area (Å²) >= 11 is 0. The molecule has 0 radical (unpaired) electrons. The first-order valence-corrected chi connectivity index (χ1v) is 11.1. The van der Waals surface area contributed by atoms with E-state index in [4.69, 9.17) is 4.74 Å². The molecule has 1 atom stereocenters. The number of hydrogen-bond donors (Lipinski definition) is 1. The average Bonchev–Trinajstić information content (AvgIpc) is 3.19. The Balaban J connectivity index is 1.75. The SMILES string of the molecule is CCOc1ccc([C@@H]2c3cccn3-c3ccccc3CN2C(=O)NCCC(C)C)cc1. The van der Waals surface area contributed by atoms with Crippen LogP contribution in [0.3, 0.4) is 0 Å². The van der Waals surface area contributed by atoms with Crippen molar-refractivity contribution in [3.05, 3.63) is 83.7 Å². The predicted octanol–water partition coefficient (Wildman–Crippen LogP) is 5.54. The molecule has 0 saturated carbocycles. The Morgan fingerprint density at radius 1 is 1.10 bits per heavy atom. The summed E-state index contributed by atoms with van der Waals surface area (Å²) in [4.78, 5) is 15.4. The lowest BCUT2D eigenvalue weighted by Gasteiger charge is -2.31. The molecule has 5 heteroatoms. The highest BCUT2D eigenvalue weighted by Gasteiger charge is 2.32. The molecule has 0 spiro atoms. The molecular formula is C26H31N3O2. The number of nitrogens with zero attached hydrogens (tertiary/aromatic N) is 2. The van der Waals surface area contributed by atoms with Crippen molar-refractivity contribution in [3.63, 3.8) is 0 Å². The first-order valence-electron chi connectivity index (χ1n) is 11.1. The molecule has 1 aromatic heterocycles. The van der Waals surface area contributed by atoms with Gasteiger partial charge in [0, 0.05) is 18.4 Å². The van der Waals surface area contributed by atoms with Crippen molar-refractivity contribution in [2.45, 2.75) is 39.8 Å². The number of fused-ring (bicyclic) bond motifs is 3. The monoisotopic (exact) mass is 417 g/mol. The van der Waals surface area contributed by atoms with Crippen LogP contribution in [0.2, 0.25) is 0 Å². The van der Waals surface area contributed by atoms with E-state index in [9.17, 15) is 4.79 Å². The zero-order valence-electron chi connectivity index (χ0n) is 18.5. The Hall–Kier alpha value is -3.21. The third kappa shape index (κ3) is 4.46. The van der Waals surface area contributed by atoms with Crippen LogP contribution in [-0.4, -0.2) is 28.6 Å². The molecule has 3 aromatic rings. The van der Waals surface area contributed by atoms with Crippen LogP contribution < -0.4 is 10.1 Å². The molecule has 1 N–H and O–H groups in total. The van der Waals surface area contributed by atoms with E-state index >= 15 is 0 Å². The van der Waals surface area contributed by atoms with Gasteiger partial charge in [-0.05, 0) is 60.7 Å². The zero-order chi connectivity index (χ0) is 21.8. The normalized spacial score (nSPS) is 15.2. The predicted molar refractivity (Wildman–Crippen MR) is 124 cm³/mol. The van der Waals surface area contributed by atoms with Crippen LogP contribution in [0.25, 0.3) is 5.69 Å². The number of para-hydroxylation sites is 1. The van der Waals surface area contributed by atoms with Crippen LogP contribution >= 0.6 is 0 Å². The number of urea groups is 1. The van der Waals surface area contributed by atoms with Gasteiger partial charge >= 0.3 is 6.03 Å². The van der Waals surface area contributed by atoms with Crippen LogP contribution in [0, 0.1) is 5.92 Å². The Bertz CT molecular complexity index is 1020. The summed E-state index contributed by atoms with van der Waals surface area (Å²) in [5.74, 6) is 1.38. The minimum atomic E-state index is -0.197. The highest BCUT2D eigenvalue weighted by Crippen LogP contribution is 2.37. The summed E-state index contributed by atoms with van der Waals surface area (Å²) in [6.07, 6.45) is 3.04. The fourth-order valence-corrected chi connectivity index (χ4v) is 4.17. The largest absolute Gasteiger partial charge is 0.494 e. The van der Waals surface area contributed by atoms with Gasteiger partial charge in [0.1, 0.15) is 5.75 Å². The first kappa shape index (κ1) is 21.0.